The van der Waals surface area contributed by atoms with Crippen LogP contribution in [0, 0.1) is 6.92 Å². The molecule has 2 unspecified atom stereocenters. The fourth-order valence-electron chi connectivity index (χ4n) is 3.43. The van der Waals surface area contributed by atoms with E-state index in [1.54, 1.807) is 0 Å². The lowest BCUT2D eigenvalue weighted by Crippen LogP contribution is -2.42. The molecule has 0 amide bonds. The molecule has 3 heterocycles. The van der Waals surface area contributed by atoms with E-state index in [1.165, 1.54) is 25.6 Å². The zero-order valence-electron chi connectivity index (χ0n) is 11.8. The number of hydrogen-bond acceptors (Lipinski definition) is 4. The molecule has 5 heteroatoms. The predicted octanol–water partition coefficient (Wildman–Crippen LogP) is 2.13. The number of anilines is 1. The smallest absolute Gasteiger partial charge is 0.339 e. The molecule has 20 heavy (non-hydrogen) atoms. The molecule has 5 nitrogen and oxygen atoms in total. The summed E-state index contributed by atoms with van der Waals surface area (Å²) >= 11 is 0. The van der Waals surface area contributed by atoms with E-state index in [4.69, 9.17) is 0 Å². The van der Waals surface area contributed by atoms with Crippen LogP contribution in [0.1, 0.15) is 41.7 Å². The van der Waals surface area contributed by atoms with Gasteiger partial charge in [-0.25, -0.2) is 4.79 Å². The highest BCUT2D eigenvalue weighted by Crippen LogP contribution is 2.29. The third kappa shape index (κ3) is 2.63. The molecule has 0 bridgehead atoms. The van der Waals surface area contributed by atoms with Crippen LogP contribution in [0.4, 0.5) is 5.69 Å². The Morgan fingerprint density at radius 1 is 1.45 bits per heavy atom. The van der Waals surface area contributed by atoms with E-state index in [0.29, 0.717) is 17.8 Å². The number of hydrogen-bond donors (Lipinski definition) is 2. The fourth-order valence-corrected chi connectivity index (χ4v) is 3.43. The minimum absolute atomic E-state index is 0.268. The van der Waals surface area contributed by atoms with Gasteiger partial charge in [-0.2, -0.15) is 0 Å². The average molecular weight is 275 g/mol. The zero-order valence-corrected chi connectivity index (χ0v) is 11.8. The molecular formula is C15H21N3O2. The first-order valence-corrected chi connectivity index (χ1v) is 7.34. The van der Waals surface area contributed by atoms with Crippen LogP contribution in [0.25, 0.3) is 0 Å². The third-order valence-corrected chi connectivity index (χ3v) is 4.45. The molecule has 2 atom stereocenters. The van der Waals surface area contributed by atoms with Gasteiger partial charge in [-0.3, -0.25) is 4.98 Å². The van der Waals surface area contributed by atoms with Crippen LogP contribution in [0.15, 0.2) is 12.3 Å². The van der Waals surface area contributed by atoms with Crippen LogP contribution in [-0.2, 0) is 0 Å². The number of carbonyl (C=O) groups is 1. The van der Waals surface area contributed by atoms with Crippen LogP contribution in [0.2, 0.25) is 0 Å². The minimum Gasteiger partial charge on any atom is -0.478 e. The third-order valence-electron chi connectivity index (χ3n) is 4.45. The maximum absolute atomic E-state index is 11.3. The quantitative estimate of drug-likeness (QED) is 0.884. The van der Waals surface area contributed by atoms with Crippen LogP contribution in [0.3, 0.4) is 0 Å². The number of carboxylic acid groups (broad SMARTS) is 1. The van der Waals surface area contributed by atoms with Crippen molar-refractivity contribution in [2.24, 2.45) is 0 Å². The maximum Gasteiger partial charge on any atom is 0.339 e. The van der Waals surface area contributed by atoms with Crippen molar-refractivity contribution in [1.82, 2.24) is 9.88 Å². The summed E-state index contributed by atoms with van der Waals surface area (Å²) in [6.07, 6.45) is 6.22. The molecule has 0 saturated carbocycles. The number of pyridine rings is 1. The zero-order chi connectivity index (χ0) is 14.1. The van der Waals surface area contributed by atoms with Crippen LogP contribution >= 0.6 is 0 Å². The van der Waals surface area contributed by atoms with Crippen LogP contribution < -0.4 is 5.32 Å². The summed E-state index contributed by atoms with van der Waals surface area (Å²) in [5.74, 6) is -0.918. The van der Waals surface area contributed by atoms with E-state index < -0.39 is 5.97 Å². The second-order valence-electron chi connectivity index (χ2n) is 5.87. The SMILES string of the molecule is Cc1cc(NC2CCN3CCCC3C2)c(C(=O)O)cn1. The lowest BCUT2D eigenvalue weighted by Gasteiger charge is -2.35. The van der Waals surface area contributed by atoms with Gasteiger partial charge < -0.3 is 15.3 Å². The van der Waals surface area contributed by atoms with Crippen molar-refractivity contribution < 1.29 is 9.90 Å². The number of aromatic carboxylic acids is 1. The van der Waals surface area contributed by atoms with Crippen LogP contribution in [0.5, 0.6) is 0 Å². The van der Waals surface area contributed by atoms with Crippen molar-refractivity contribution in [3.63, 3.8) is 0 Å². The Balaban J connectivity index is 1.74. The van der Waals surface area contributed by atoms with Gasteiger partial charge in [0.05, 0.1) is 5.69 Å². The molecule has 0 spiro atoms. The van der Waals surface area contributed by atoms with E-state index in [1.807, 2.05) is 13.0 Å². The van der Waals surface area contributed by atoms with Gasteiger partial charge in [-0.15, -0.1) is 0 Å². The molecule has 0 aliphatic carbocycles. The molecule has 3 rings (SSSR count). The largest absolute Gasteiger partial charge is 0.478 e. The van der Waals surface area contributed by atoms with Gasteiger partial charge >= 0.3 is 5.97 Å². The van der Waals surface area contributed by atoms with Crippen LogP contribution in [-0.4, -0.2) is 46.1 Å². The Labute approximate surface area is 119 Å². The van der Waals surface area contributed by atoms with Crippen molar-refractivity contribution in [3.05, 3.63) is 23.5 Å². The molecule has 2 aliphatic rings. The Morgan fingerprint density at radius 2 is 2.30 bits per heavy atom. The molecule has 2 aliphatic heterocycles. The standard InChI is InChI=1S/C15H21N3O2/c1-10-7-14(13(9-16-10)15(19)20)17-11-4-6-18-5-2-3-12(18)8-11/h7,9,11-12H,2-6,8H2,1H3,(H,16,17)(H,19,20). The maximum atomic E-state index is 11.3. The Morgan fingerprint density at radius 3 is 3.10 bits per heavy atom. The molecule has 1 aromatic heterocycles. The number of nitrogens with one attached hydrogen (secondary N) is 1. The van der Waals surface area contributed by atoms with E-state index in [9.17, 15) is 9.90 Å². The molecule has 2 saturated heterocycles. The minimum atomic E-state index is -0.918. The van der Waals surface area contributed by atoms with Crippen molar-refractivity contribution in [1.29, 1.82) is 0 Å². The number of aryl methyl sites for hydroxylation is 1. The fraction of sp³-hybridized carbons (Fsp3) is 0.600. The van der Waals surface area contributed by atoms with Crippen molar-refractivity contribution >= 4 is 11.7 Å². The summed E-state index contributed by atoms with van der Waals surface area (Å²) in [4.78, 5) is 17.9. The first-order chi connectivity index (χ1) is 9.63. The number of fused-ring (bicyclic) bond motifs is 1. The number of carboxylic acids is 1. The van der Waals surface area contributed by atoms with Crippen molar-refractivity contribution in [3.8, 4) is 0 Å². The number of rotatable bonds is 3. The summed E-state index contributed by atoms with van der Waals surface area (Å²) in [5, 5.41) is 12.7. The summed E-state index contributed by atoms with van der Waals surface area (Å²) in [7, 11) is 0. The predicted molar refractivity (Wildman–Crippen MR) is 77.2 cm³/mol. The summed E-state index contributed by atoms with van der Waals surface area (Å²) < 4.78 is 0. The van der Waals surface area contributed by atoms with E-state index >= 15 is 0 Å². The second-order valence-corrected chi connectivity index (χ2v) is 5.87. The van der Waals surface area contributed by atoms with Gasteiger partial charge in [0.1, 0.15) is 5.56 Å². The molecule has 2 N–H and O–H groups in total. The molecule has 0 radical (unpaired) electrons. The highest BCUT2D eigenvalue weighted by Gasteiger charge is 2.31. The van der Waals surface area contributed by atoms with Crippen molar-refractivity contribution in [2.45, 2.75) is 44.7 Å². The Kier molecular flexibility index (Phi) is 3.61. The summed E-state index contributed by atoms with van der Waals surface area (Å²) in [6, 6.07) is 2.89. The number of piperidine rings is 1. The number of nitrogens with zero attached hydrogens (tertiary/aromatic N) is 2. The van der Waals surface area contributed by atoms with Crippen molar-refractivity contribution in [2.75, 3.05) is 18.4 Å². The van der Waals surface area contributed by atoms with Gasteiger partial charge in [-0.05, 0) is 45.2 Å². The van der Waals surface area contributed by atoms with E-state index in [0.717, 1.165) is 25.1 Å². The van der Waals surface area contributed by atoms with Gasteiger partial charge in [0.25, 0.3) is 0 Å². The monoisotopic (exact) mass is 275 g/mol. The van der Waals surface area contributed by atoms with E-state index in [2.05, 4.69) is 15.2 Å². The normalized spacial score (nSPS) is 26.2. The summed E-state index contributed by atoms with van der Waals surface area (Å²) in [6.45, 7) is 4.23. The molecule has 2 fully saturated rings. The van der Waals surface area contributed by atoms with Gasteiger partial charge in [0.15, 0.2) is 0 Å². The average Bonchev–Trinajstić information content (AvgIpc) is 2.85. The number of aromatic nitrogens is 1. The topological polar surface area (TPSA) is 65.5 Å². The second kappa shape index (κ2) is 5.40. The first kappa shape index (κ1) is 13.4. The van der Waals surface area contributed by atoms with Gasteiger partial charge in [0.2, 0.25) is 0 Å². The summed E-state index contributed by atoms with van der Waals surface area (Å²) in [5.41, 5.74) is 1.82. The highest BCUT2D eigenvalue weighted by atomic mass is 16.4. The molecule has 1 aromatic rings. The Bertz CT molecular complexity index is 518. The lowest BCUT2D eigenvalue weighted by atomic mass is 9.97. The highest BCUT2D eigenvalue weighted by molar-refractivity contribution is 5.93. The molecule has 108 valence electrons. The molecular weight excluding hydrogens is 254 g/mol. The molecule has 0 aromatic carbocycles. The van der Waals surface area contributed by atoms with E-state index in [-0.39, 0.29) is 5.56 Å². The van der Waals surface area contributed by atoms with Gasteiger partial charge in [-0.1, -0.05) is 0 Å². The lowest BCUT2D eigenvalue weighted by molar-refractivity contribution is 0.0697. The first-order valence-electron chi connectivity index (χ1n) is 7.34. The van der Waals surface area contributed by atoms with Gasteiger partial charge in [0, 0.05) is 30.5 Å². The Hall–Kier alpha value is -1.62.